The van der Waals surface area contributed by atoms with E-state index < -0.39 is 0 Å². The standard InChI is InChI=1S/C39H29N3S2/c1-4-16-32-30(13-1)36-33(20-19-28-26-12-3-6-18-35(26)44-38(28)36)42(32)24-10-7-9-23(21-24)39-40-22-31(41-39)29-15-8-14-27-25-11-2-5-17-34(25)43-37(27)29/h1-8,10-21,23,31,39-41H,9,22H2. The molecule has 0 bridgehead atoms. The summed E-state index contributed by atoms with van der Waals surface area (Å²) in [6.07, 6.45) is 8.41. The molecule has 10 rings (SSSR count). The molecule has 3 unspecified atom stereocenters. The predicted octanol–water partition coefficient (Wildman–Crippen LogP) is 10.2. The average Bonchev–Trinajstić information content (AvgIpc) is 3.86. The van der Waals surface area contributed by atoms with Gasteiger partial charge in [-0.25, -0.2) is 0 Å². The van der Waals surface area contributed by atoms with Crippen molar-refractivity contribution in [1.29, 1.82) is 0 Å². The fourth-order valence-electron chi connectivity index (χ4n) is 7.68. The van der Waals surface area contributed by atoms with E-state index in [-0.39, 0.29) is 12.2 Å². The summed E-state index contributed by atoms with van der Waals surface area (Å²) in [6.45, 7) is 0.931. The van der Waals surface area contributed by atoms with E-state index in [1.807, 2.05) is 22.7 Å². The SMILES string of the molecule is C1=CC(n2c3ccccc3c3c4sc5ccccc5c4ccc32)=CC(C2NCC(c3cccc4c3sc3ccccc34)N2)C1. The van der Waals surface area contributed by atoms with E-state index in [2.05, 4.69) is 137 Å². The molecule has 2 aliphatic rings. The molecule has 44 heavy (non-hydrogen) atoms. The fourth-order valence-corrected chi connectivity index (χ4v) is 10.2. The van der Waals surface area contributed by atoms with Crippen LogP contribution in [0.5, 0.6) is 0 Å². The van der Waals surface area contributed by atoms with Crippen LogP contribution in [0.3, 0.4) is 0 Å². The van der Waals surface area contributed by atoms with Crippen molar-refractivity contribution < 1.29 is 0 Å². The number of fused-ring (bicyclic) bond motifs is 10. The third kappa shape index (κ3) is 3.61. The average molecular weight is 604 g/mol. The van der Waals surface area contributed by atoms with Crippen molar-refractivity contribution >= 4 is 90.5 Å². The smallest absolute Gasteiger partial charge is 0.0646 e. The zero-order valence-corrected chi connectivity index (χ0v) is 25.6. The zero-order valence-electron chi connectivity index (χ0n) is 24.0. The van der Waals surface area contributed by atoms with Gasteiger partial charge in [-0.3, -0.25) is 10.6 Å². The molecule has 0 saturated carbocycles. The van der Waals surface area contributed by atoms with Gasteiger partial charge in [0.25, 0.3) is 0 Å². The Hall–Kier alpha value is -4.26. The zero-order chi connectivity index (χ0) is 28.8. The van der Waals surface area contributed by atoms with Crippen LogP contribution in [0.1, 0.15) is 18.0 Å². The van der Waals surface area contributed by atoms with Gasteiger partial charge < -0.3 is 4.57 Å². The van der Waals surface area contributed by atoms with E-state index in [1.54, 1.807) is 0 Å². The van der Waals surface area contributed by atoms with Crippen molar-refractivity contribution in [2.75, 3.05) is 6.54 Å². The highest BCUT2D eigenvalue weighted by atomic mass is 32.1. The Labute approximate surface area is 262 Å². The van der Waals surface area contributed by atoms with E-state index in [0.29, 0.717) is 5.92 Å². The molecule has 1 aliphatic heterocycles. The van der Waals surface area contributed by atoms with Crippen LogP contribution in [0.2, 0.25) is 0 Å². The van der Waals surface area contributed by atoms with Crippen molar-refractivity contribution in [2.24, 2.45) is 5.92 Å². The molecule has 3 aromatic heterocycles. The third-order valence-electron chi connectivity index (χ3n) is 9.68. The van der Waals surface area contributed by atoms with Crippen LogP contribution in [0.25, 0.3) is 67.8 Å². The third-order valence-corrected chi connectivity index (χ3v) is 12.1. The van der Waals surface area contributed by atoms with Gasteiger partial charge in [-0.2, -0.15) is 0 Å². The normalized spacial score (nSPS) is 20.6. The molecule has 8 aromatic rings. The first kappa shape index (κ1) is 25.1. The van der Waals surface area contributed by atoms with Crippen molar-refractivity contribution in [2.45, 2.75) is 18.6 Å². The van der Waals surface area contributed by atoms with Crippen molar-refractivity contribution in [3.05, 3.63) is 127 Å². The lowest BCUT2D eigenvalue weighted by Crippen LogP contribution is -2.38. The minimum atomic E-state index is 0.215. The molecule has 3 atom stereocenters. The molecule has 1 fully saturated rings. The molecule has 212 valence electrons. The minimum absolute atomic E-state index is 0.215. The van der Waals surface area contributed by atoms with Crippen molar-refractivity contribution in [3.8, 4) is 0 Å². The first-order valence-electron chi connectivity index (χ1n) is 15.4. The van der Waals surface area contributed by atoms with Gasteiger partial charge >= 0.3 is 0 Å². The highest BCUT2D eigenvalue weighted by Crippen LogP contribution is 2.44. The second-order valence-electron chi connectivity index (χ2n) is 12.1. The monoisotopic (exact) mass is 603 g/mol. The van der Waals surface area contributed by atoms with Crippen LogP contribution >= 0.6 is 22.7 Å². The van der Waals surface area contributed by atoms with E-state index in [1.165, 1.54) is 73.4 Å². The summed E-state index contributed by atoms with van der Waals surface area (Å²) in [5, 5.41) is 16.0. The maximum atomic E-state index is 4.00. The summed E-state index contributed by atoms with van der Waals surface area (Å²) < 4.78 is 7.99. The Bertz CT molecular complexity index is 2490. The predicted molar refractivity (Wildman–Crippen MR) is 191 cm³/mol. The van der Waals surface area contributed by atoms with Gasteiger partial charge in [0.05, 0.1) is 17.2 Å². The number of nitrogens with one attached hydrogen (secondary N) is 2. The Morgan fingerprint density at radius 3 is 2.18 bits per heavy atom. The molecule has 3 nitrogen and oxygen atoms in total. The Morgan fingerprint density at radius 2 is 1.34 bits per heavy atom. The van der Waals surface area contributed by atoms with Crippen LogP contribution in [0, 0.1) is 5.92 Å². The molecule has 4 heterocycles. The first-order chi connectivity index (χ1) is 21.8. The molecule has 1 aliphatic carbocycles. The Morgan fingerprint density at radius 1 is 0.636 bits per heavy atom. The quantitative estimate of drug-likeness (QED) is 0.210. The number of nitrogens with zero attached hydrogens (tertiary/aromatic N) is 1. The number of aromatic nitrogens is 1. The number of para-hydroxylation sites is 1. The topological polar surface area (TPSA) is 29.0 Å². The lowest BCUT2D eigenvalue weighted by molar-refractivity contribution is 0.413. The van der Waals surface area contributed by atoms with E-state index >= 15 is 0 Å². The lowest BCUT2D eigenvalue weighted by atomic mass is 9.95. The summed E-state index contributed by atoms with van der Waals surface area (Å²) >= 11 is 3.84. The Balaban J connectivity index is 1.05. The second-order valence-corrected chi connectivity index (χ2v) is 14.2. The lowest BCUT2D eigenvalue weighted by Gasteiger charge is -2.25. The number of benzene rings is 5. The summed E-state index contributed by atoms with van der Waals surface area (Å²) in [7, 11) is 0. The van der Waals surface area contributed by atoms with Gasteiger partial charge in [-0.1, -0.05) is 91.0 Å². The number of thiophene rings is 2. The van der Waals surface area contributed by atoms with Crippen LogP contribution in [0.4, 0.5) is 0 Å². The van der Waals surface area contributed by atoms with Gasteiger partial charge in [0.15, 0.2) is 0 Å². The van der Waals surface area contributed by atoms with E-state index in [0.717, 1.165) is 13.0 Å². The molecule has 1 saturated heterocycles. The fraction of sp³-hybridized carbons (Fsp3) is 0.128. The van der Waals surface area contributed by atoms with Crippen LogP contribution in [-0.2, 0) is 0 Å². The van der Waals surface area contributed by atoms with E-state index in [9.17, 15) is 0 Å². The molecular weight excluding hydrogens is 575 g/mol. The highest BCUT2D eigenvalue weighted by molar-refractivity contribution is 7.27. The number of hydrogen-bond donors (Lipinski definition) is 2. The van der Waals surface area contributed by atoms with Crippen LogP contribution in [0.15, 0.2) is 121 Å². The van der Waals surface area contributed by atoms with Gasteiger partial charge in [-0.15, -0.1) is 22.7 Å². The molecule has 0 spiro atoms. The summed E-state index contributed by atoms with van der Waals surface area (Å²) in [6, 6.07) is 38.3. The largest absolute Gasteiger partial charge is 0.310 e. The first-order valence-corrected chi connectivity index (χ1v) is 17.1. The van der Waals surface area contributed by atoms with E-state index in [4.69, 9.17) is 0 Å². The molecule has 2 N–H and O–H groups in total. The van der Waals surface area contributed by atoms with Crippen molar-refractivity contribution in [1.82, 2.24) is 15.2 Å². The highest BCUT2D eigenvalue weighted by Gasteiger charge is 2.31. The summed E-state index contributed by atoms with van der Waals surface area (Å²) in [5.41, 5.74) is 5.21. The molecule has 0 amide bonds. The van der Waals surface area contributed by atoms with Crippen LogP contribution < -0.4 is 10.6 Å². The second kappa shape index (κ2) is 9.62. The van der Waals surface area contributed by atoms with Crippen LogP contribution in [-0.4, -0.2) is 17.3 Å². The maximum absolute atomic E-state index is 4.00. The minimum Gasteiger partial charge on any atom is -0.310 e. The number of allylic oxidation sites excluding steroid dienone is 3. The summed E-state index contributed by atoms with van der Waals surface area (Å²) in [5.74, 6) is 0.353. The van der Waals surface area contributed by atoms with Gasteiger partial charge in [0.1, 0.15) is 0 Å². The van der Waals surface area contributed by atoms with Crippen molar-refractivity contribution in [3.63, 3.8) is 0 Å². The number of hydrogen-bond acceptors (Lipinski definition) is 4. The number of rotatable bonds is 3. The molecule has 5 aromatic carbocycles. The van der Waals surface area contributed by atoms with Gasteiger partial charge in [0, 0.05) is 75.3 Å². The molecule has 0 radical (unpaired) electrons. The Kier molecular flexibility index (Phi) is 5.49. The van der Waals surface area contributed by atoms with Gasteiger partial charge in [0.2, 0.25) is 0 Å². The summed E-state index contributed by atoms with van der Waals surface area (Å²) in [4.78, 5) is 0. The molecule has 5 heteroatoms. The maximum Gasteiger partial charge on any atom is 0.0646 e. The van der Waals surface area contributed by atoms with Gasteiger partial charge in [-0.05, 0) is 42.3 Å². The molecular formula is C39H29N3S2.